The van der Waals surface area contributed by atoms with E-state index < -0.39 is 39.1 Å². The van der Waals surface area contributed by atoms with E-state index >= 15 is 0 Å². The number of non-ortho nitro benzene ring substituents is 2. The van der Waals surface area contributed by atoms with Crippen LogP contribution in [0.5, 0.6) is 0 Å². The van der Waals surface area contributed by atoms with Crippen LogP contribution in [-0.4, -0.2) is 52.8 Å². The van der Waals surface area contributed by atoms with Crippen LogP contribution in [-0.2, 0) is 10.5 Å². The maximum Gasteiger partial charge on any atom is 0.277 e. The number of hydrogen-bond acceptors (Lipinski definition) is 9. The zero-order valence-corrected chi connectivity index (χ0v) is 23.4. The summed E-state index contributed by atoms with van der Waals surface area (Å²) in [6.07, 6.45) is 1.48. The second-order valence-corrected chi connectivity index (χ2v) is 9.81. The molecule has 0 aromatic heterocycles. The molecule has 0 aliphatic heterocycles. The van der Waals surface area contributed by atoms with Gasteiger partial charge in [0.25, 0.3) is 23.2 Å². The lowest BCUT2D eigenvalue weighted by Crippen LogP contribution is -2.47. The predicted molar refractivity (Wildman–Crippen MR) is 159 cm³/mol. The molecule has 1 atom stereocenters. The molecule has 214 valence electrons. The van der Waals surface area contributed by atoms with Crippen molar-refractivity contribution in [2.24, 2.45) is 5.10 Å². The fraction of sp³-hybridized carbons (Fsp3) is 0.250. The first kappa shape index (κ1) is 30.8. The third kappa shape index (κ3) is 9.14. The molecule has 41 heavy (non-hydrogen) atoms. The van der Waals surface area contributed by atoms with Crippen molar-refractivity contribution in [1.82, 2.24) is 10.7 Å². The number of nitro groups is 2. The van der Waals surface area contributed by atoms with Crippen LogP contribution in [0.2, 0.25) is 0 Å². The molecule has 3 aromatic rings. The number of carbonyl (C=O) groups is 2. The molecule has 3 rings (SSSR count). The van der Waals surface area contributed by atoms with Gasteiger partial charge in [0.05, 0.1) is 27.7 Å². The first-order valence-corrected chi connectivity index (χ1v) is 13.9. The number of amides is 2. The van der Waals surface area contributed by atoms with E-state index in [1.165, 1.54) is 18.0 Å². The zero-order valence-electron chi connectivity index (χ0n) is 22.6. The molecule has 0 aliphatic carbocycles. The first-order chi connectivity index (χ1) is 19.7. The molecule has 2 amide bonds. The lowest BCUT2D eigenvalue weighted by atomic mass is 10.1. The normalized spacial score (nSPS) is 11.6. The zero-order chi connectivity index (χ0) is 29.8. The fourth-order valence-electron chi connectivity index (χ4n) is 3.84. The van der Waals surface area contributed by atoms with Gasteiger partial charge in [-0.05, 0) is 37.1 Å². The summed E-state index contributed by atoms with van der Waals surface area (Å²) in [5.74, 6) is -0.772. The maximum atomic E-state index is 13.0. The van der Waals surface area contributed by atoms with Crippen molar-refractivity contribution in [3.8, 4) is 0 Å². The highest BCUT2D eigenvalue weighted by Gasteiger charge is 2.25. The van der Waals surface area contributed by atoms with Crippen molar-refractivity contribution in [2.75, 3.05) is 23.7 Å². The van der Waals surface area contributed by atoms with Gasteiger partial charge in [-0.15, -0.1) is 0 Å². The van der Waals surface area contributed by atoms with Crippen molar-refractivity contribution in [3.05, 3.63) is 110 Å². The molecule has 12 nitrogen and oxygen atoms in total. The summed E-state index contributed by atoms with van der Waals surface area (Å²) < 4.78 is 0. The SMILES string of the molecule is CCN(CC)c1ccc(C=NNC(=O)[C@@H](CSCc2ccccc2)NC(=O)c2cc([N+](=O)[O-])cc([N+](=O)[O-])c2)cc1. The van der Waals surface area contributed by atoms with Gasteiger partial charge in [-0.25, -0.2) is 5.43 Å². The van der Waals surface area contributed by atoms with E-state index in [0.29, 0.717) is 5.75 Å². The number of benzene rings is 3. The number of nitro benzene ring substituents is 2. The Kier molecular flexibility index (Phi) is 11.3. The second-order valence-electron chi connectivity index (χ2n) is 8.78. The highest BCUT2D eigenvalue weighted by molar-refractivity contribution is 7.98. The third-order valence-corrected chi connectivity index (χ3v) is 7.12. The number of hydrazone groups is 1. The summed E-state index contributed by atoms with van der Waals surface area (Å²) >= 11 is 1.39. The van der Waals surface area contributed by atoms with Crippen LogP contribution in [0.3, 0.4) is 0 Å². The minimum Gasteiger partial charge on any atom is -0.372 e. The molecule has 3 aromatic carbocycles. The van der Waals surface area contributed by atoms with Gasteiger partial charge in [-0.1, -0.05) is 42.5 Å². The topological polar surface area (TPSA) is 160 Å². The quantitative estimate of drug-likeness (QED) is 0.160. The number of nitrogens with zero attached hydrogens (tertiary/aromatic N) is 4. The van der Waals surface area contributed by atoms with Crippen molar-refractivity contribution in [1.29, 1.82) is 0 Å². The first-order valence-electron chi connectivity index (χ1n) is 12.8. The third-order valence-electron chi connectivity index (χ3n) is 6.01. The lowest BCUT2D eigenvalue weighted by molar-refractivity contribution is -0.394. The number of carbonyl (C=O) groups excluding carboxylic acids is 2. The van der Waals surface area contributed by atoms with Gasteiger partial charge in [0.1, 0.15) is 6.04 Å². The van der Waals surface area contributed by atoms with Crippen molar-refractivity contribution in [2.45, 2.75) is 25.6 Å². The van der Waals surface area contributed by atoms with E-state index in [1.54, 1.807) is 0 Å². The fourth-order valence-corrected chi connectivity index (χ4v) is 4.86. The Morgan fingerprint density at radius 1 is 0.951 bits per heavy atom. The summed E-state index contributed by atoms with van der Waals surface area (Å²) in [5, 5.41) is 29.0. The molecule has 2 N–H and O–H groups in total. The van der Waals surface area contributed by atoms with E-state index in [2.05, 4.69) is 34.6 Å². The Bertz CT molecular complexity index is 1360. The van der Waals surface area contributed by atoms with Crippen LogP contribution in [0.1, 0.15) is 35.3 Å². The lowest BCUT2D eigenvalue weighted by Gasteiger charge is -2.20. The summed E-state index contributed by atoms with van der Waals surface area (Å²) in [6, 6.07) is 18.7. The van der Waals surface area contributed by atoms with Gasteiger partial charge in [0.15, 0.2) is 0 Å². The number of nitrogens with one attached hydrogen (secondary N) is 2. The van der Waals surface area contributed by atoms with Crippen LogP contribution in [0.4, 0.5) is 17.1 Å². The average Bonchev–Trinajstić information content (AvgIpc) is 2.98. The number of rotatable bonds is 14. The molecule has 0 spiro atoms. The van der Waals surface area contributed by atoms with E-state index in [-0.39, 0.29) is 11.3 Å². The molecule has 0 aliphatic rings. The van der Waals surface area contributed by atoms with Crippen molar-refractivity contribution >= 4 is 46.9 Å². The van der Waals surface area contributed by atoms with Crippen LogP contribution < -0.4 is 15.6 Å². The van der Waals surface area contributed by atoms with Crippen LogP contribution in [0, 0.1) is 20.2 Å². The van der Waals surface area contributed by atoms with Crippen LogP contribution in [0.25, 0.3) is 0 Å². The highest BCUT2D eigenvalue weighted by atomic mass is 32.2. The minimum absolute atomic E-state index is 0.150. The standard InChI is InChI=1S/C28H30N6O6S/c1-3-32(4-2)23-12-10-20(11-13-23)17-29-31-28(36)26(19-41-18-21-8-6-5-7-9-21)30-27(35)22-14-24(33(37)38)16-25(15-22)34(39)40/h5-17,26H,3-4,18-19H2,1-2H3,(H,30,35)(H,31,36)/t26-/m1/s1. The monoisotopic (exact) mass is 578 g/mol. The van der Waals surface area contributed by atoms with E-state index in [4.69, 9.17) is 0 Å². The van der Waals surface area contributed by atoms with Gasteiger partial charge >= 0.3 is 0 Å². The largest absolute Gasteiger partial charge is 0.372 e. The Hall–Kier alpha value is -4.78. The van der Waals surface area contributed by atoms with Gasteiger partial charge in [0.2, 0.25) is 0 Å². The van der Waals surface area contributed by atoms with Crippen LogP contribution in [0.15, 0.2) is 77.9 Å². The number of thioether (sulfide) groups is 1. The Labute approximate surface area is 241 Å². The molecular formula is C28H30N6O6S. The van der Waals surface area contributed by atoms with Gasteiger partial charge in [-0.3, -0.25) is 29.8 Å². The molecule has 13 heteroatoms. The van der Waals surface area contributed by atoms with Gasteiger partial charge in [-0.2, -0.15) is 16.9 Å². The second kappa shape index (κ2) is 15.1. The smallest absolute Gasteiger partial charge is 0.277 e. The number of anilines is 1. The number of hydrogen-bond donors (Lipinski definition) is 2. The molecule has 0 bridgehead atoms. The summed E-state index contributed by atoms with van der Waals surface area (Å²) in [5.41, 5.74) is 3.73. The summed E-state index contributed by atoms with van der Waals surface area (Å²) in [7, 11) is 0. The maximum absolute atomic E-state index is 13.0. The van der Waals surface area contributed by atoms with E-state index in [1.807, 2.05) is 54.6 Å². The summed E-state index contributed by atoms with van der Waals surface area (Å²) in [6.45, 7) is 5.89. The molecule has 0 unspecified atom stereocenters. The molecule has 0 radical (unpaired) electrons. The summed E-state index contributed by atoms with van der Waals surface area (Å²) in [4.78, 5) is 49.0. The van der Waals surface area contributed by atoms with Crippen molar-refractivity contribution < 1.29 is 19.4 Å². The molecule has 0 fully saturated rings. The average molecular weight is 579 g/mol. The molecule has 0 saturated heterocycles. The Morgan fingerprint density at radius 2 is 1.56 bits per heavy atom. The molecule has 0 heterocycles. The van der Waals surface area contributed by atoms with E-state index in [9.17, 15) is 29.8 Å². The van der Waals surface area contributed by atoms with Crippen LogP contribution >= 0.6 is 11.8 Å². The van der Waals surface area contributed by atoms with Gasteiger partial charge in [0, 0.05) is 42.4 Å². The van der Waals surface area contributed by atoms with Gasteiger partial charge < -0.3 is 10.2 Å². The predicted octanol–water partition coefficient (Wildman–Crippen LogP) is 4.53. The minimum atomic E-state index is -1.09. The molecule has 0 saturated carbocycles. The Balaban J connectivity index is 1.74. The molecular weight excluding hydrogens is 548 g/mol. The highest BCUT2D eigenvalue weighted by Crippen LogP contribution is 2.23. The van der Waals surface area contributed by atoms with Crippen molar-refractivity contribution in [3.63, 3.8) is 0 Å². The van der Waals surface area contributed by atoms with E-state index in [0.717, 1.165) is 48.1 Å². The Morgan fingerprint density at radius 3 is 2.12 bits per heavy atom.